The number of rotatable bonds is 4. The molecule has 1 aliphatic rings. The molecule has 2 heterocycles. The van der Waals surface area contributed by atoms with E-state index in [0.717, 1.165) is 17.8 Å². The lowest BCUT2D eigenvalue weighted by Crippen LogP contribution is -2.20. The minimum Gasteiger partial charge on any atom is -0.397 e. The lowest BCUT2D eigenvalue weighted by molar-refractivity contribution is 0.333. The highest BCUT2D eigenvalue weighted by atomic mass is 15.1. The summed E-state index contributed by atoms with van der Waals surface area (Å²) in [6, 6.07) is 3.96. The van der Waals surface area contributed by atoms with Gasteiger partial charge in [0.15, 0.2) is 0 Å². The number of nitrogen functional groups attached to an aromatic ring is 1. The van der Waals surface area contributed by atoms with Crippen molar-refractivity contribution in [1.82, 2.24) is 9.88 Å². The van der Waals surface area contributed by atoms with Gasteiger partial charge in [0.2, 0.25) is 0 Å². The first-order chi connectivity index (χ1) is 8.34. The van der Waals surface area contributed by atoms with Crippen molar-refractivity contribution in [1.29, 1.82) is 0 Å². The fourth-order valence-electron chi connectivity index (χ4n) is 2.07. The van der Waals surface area contributed by atoms with E-state index in [-0.39, 0.29) is 0 Å². The van der Waals surface area contributed by atoms with Gasteiger partial charge >= 0.3 is 0 Å². The number of aromatic nitrogens is 1. The van der Waals surface area contributed by atoms with Crippen LogP contribution < -0.4 is 5.73 Å². The Kier molecular flexibility index (Phi) is 6.63. The average Bonchev–Trinajstić information content (AvgIpc) is 2.87. The summed E-state index contributed by atoms with van der Waals surface area (Å²) in [5, 5.41) is 0. The fourth-order valence-corrected chi connectivity index (χ4v) is 2.07. The van der Waals surface area contributed by atoms with Crippen molar-refractivity contribution in [2.24, 2.45) is 0 Å². The number of hydrogen-bond donors (Lipinski definition) is 1. The molecule has 0 spiro atoms. The summed E-state index contributed by atoms with van der Waals surface area (Å²) in [6.07, 6.45) is 6.76. The summed E-state index contributed by atoms with van der Waals surface area (Å²) in [6.45, 7) is 7.79. The van der Waals surface area contributed by atoms with Crippen molar-refractivity contribution in [2.45, 2.75) is 39.5 Å². The Bertz CT molecular complexity index is 289. The number of nitrogens with zero attached hydrogens (tertiary/aromatic N) is 2. The lowest BCUT2D eigenvalue weighted by atomic mass is 10.2. The van der Waals surface area contributed by atoms with Crippen LogP contribution in [0.1, 0.15) is 38.8 Å². The Morgan fingerprint density at radius 1 is 1.24 bits per heavy atom. The number of anilines is 1. The SMILES string of the molecule is CC.Nc1ccc(CCCN2CCCC2)nc1. The quantitative estimate of drug-likeness (QED) is 0.872. The van der Waals surface area contributed by atoms with Gasteiger partial charge in [0.25, 0.3) is 0 Å². The van der Waals surface area contributed by atoms with Gasteiger partial charge in [0.1, 0.15) is 0 Å². The van der Waals surface area contributed by atoms with Crippen LogP contribution in [0.3, 0.4) is 0 Å². The molecule has 0 unspecified atom stereocenters. The normalized spacial score (nSPS) is 15.4. The first-order valence-electron chi connectivity index (χ1n) is 6.77. The van der Waals surface area contributed by atoms with Gasteiger partial charge in [-0.25, -0.2) is 0 Å². The molecule has 1 fully saturated rings. The van der Waals surface area contributed by atoms with Gasteiger partial charge in [-0.2, -0.15) is 0 Å². The Labute approximate surface area is 105 Å². The summed E-state index contributed by atoms with van der Waals surface area (Å²) in [4.78, 5) is 6.84. The molecule has 0 saturated carbocycles. The maximum absolute atomic E-state index is 5.58. The zero-order chi connectivity index (χ0) is 12.5. The first kappa shape index (κ1) is 14.0. The molecule has 0 atom stereocenters. The van der Waals surface area contributed by atoms with Crippen LogP contribution >= 0.6 is 0 Å². The molecular weight excluding hydrogens is 210 g/mol. The number of likely N-dealkylation sites (tertiary alicyclic amines) is 1. The fraction of sp³-hybridized carbons (Fsp3) is 0.643. The Morgan fingerprint density at radius 3 is 2.53 bits per heavy atom. The zero-order valence-electron chi connectivity index (χ0n) is 11.2. The number of aryl methyl sites for hydroxylation is 1. The van der Waals surface area contributed by atoms with Crippen molar-refractivity contribution >= 4 is 5.69 Å². The molecule has 17 heavy (non-hydrogen) atoms. The van der Waals surface area contributed by atoms with Crippen LogP contribution in [0.5, 0.6) is 0 Å². The van der Waals surface area contributed by atoms with Crippen molar-refractivity contribution in [3.63, 3.8) is 0 Å². The van der Waals surface area contributed by atoms with Crippen LogP contribution in [-0.4, -0.2) is 29.5 Å². The zero-order valence-corrected chi connectivity index (χ0v) is 11.2. The van der Waals surface area contributed by atoms with Crippen LogP contribution in [0, 0.1) is 0 Å². The van der Waals surface area contributed by atoms with Gasteiger partial charge in [-0.05, 0) is 57.5 Å². The van der Waals surface area contributed by atoms with Crippen LogP contribution in [0.15, 0.2) is 18.3 Å². The van der Waals surface area contributed by atoms with Crippen molar-refractivity contribution in [3.05, 3.63) is 24.0 Å². The highest BCUT2D eigenvalue weighted by molar-refractivity contribution is 5.34. The second-order valence-corrected chi connectivity index (χ2v) is 4.24. The first-order valence-corrected chi connectivity index (χ1v) is 6.77. The Balaban J connectivity index is 0.000000686. The van der Waals surface area contributed by atoms with E-state index in [1.54, 1.807) is 6.20 Å². The van der Waals surface area contributed by atoms with Crippen LogP contribution in [0.2, 0.25) is 0 Å². The van der Waals surface area contributed by atoms with Gasteiger partial charge in [0.05, 0.1) is 11.9 Å². The summed E-state index contributed by atoms with van der Waals surface area (Å²) < 4.78 is 0. The predicted octanol–water partition coefficient (Wildman–Crippen LogP) is 2.72. The molecule has 1 aliphatic heterocycles. The second kappa shape index (κ2) is 8.07. The Morgan fingerprint density at radius 2 is 1.94 bits per heavy atom. The molecule has 0 bridgehead atoms. The van der Waals surface area contributed by atoms with Crippen LogP contribution in [-0.2, 0) is 6.42 Å². The van der Waals surface area contributed by atoms with Crippen molar-refractivity contribution < 1.29 is 0 Å². The molecule has 96 valence electrons. The smallest absolute Gasteiger partial charge is 0.0501 e. The molecule has 0 radical (unpaired) electrons. The standard InChI is InChI=1S/C12H19N3.C2H6/c13-11-5-6-12(14-10-11)4-3-9-15-7-1-2-8-15;1-2/h5-6,10H,1-4,7-9,13H2;1-2H3. The topological polar surface area (TPSA) is 42.1 Å². The summed E-state index contributed by atoms with van der Waals surface area (Å²) in [5.41, 5.74) is 7.49. The highest BCUT2D eigenvalue weighted by Crippen LogP contribution is 2.09. The van der Waals surface area contributed by atoms with Gasteiger partial charge in [0, 0.05) is 5.69 Å². The predicted molar refractivity (Wildman–Crippen MR) is 74.0 cm³/mol. The van der Waals surface area contributed by atoms with E-state index in [2.05, 4.69) is 9.88 Å². The van der Waals surface area contributed by atoms with E-state index in [0.29, 0.717) is 0 Å². The molecule has 0 aromatic carbocycles. The van der Waals surface area contributed by atoms with Gasteiger partial charge in [-0.15, -0.1) is 0 Å². The molecule has 1 aromatic rings. The van der Waals surface area contributed by atoms with E-state index in [4.69, 9.17) is 5.73 Å². The van der Waals surface area contributed by atoms with Gasteiger partial charge < -0.3 is 10.6 Å². The molecule has 0 aliphatic carbocycles. The molecule has 2 N–H and O–H groups in total. The average molecular weight is 235 g/mol. The highest BCUT2D eigenvalue weighted by Gasteiger charge is 2.10. The molecule has 1 aromatic heterocycles. The monoisotopic (exact) mass is 235 g/mol. The molecule has 0 amide bonds. The second-order valence-electron chi connectivity index (χ2n) is 4.24. The maximum Gasteiger partial charge on any atom is 0.0501 e. The van der Waals surface area contributed by atoms with E-state index in [1.165, 1.54) is 38.9 Å². The third kappa shape index (κ3) is 5.18. The lowest BCUT2D eigenvalue weighted by Gasteiger charge is -2.13. The van der Waals surface area contributed by atoms with E-state index >= 15 is 0 Å². The summed E-state index contributed by atoms with van der Waals surface area (Å²) in [5.74, 6) is 0. The molecule has 2 rings (SSSR count). The molecule has 3 nitrogen and oxygen atoms in total. The van der Waals surface area contributed by atoms with Gasteiger partial charge in [-0.3, -0.25) is 4.98 Å². The minimum atomic E-state index is 0.748. The van der Waals surface area contributed by atoms with Crippen molar-refractivity contribution in [3.8, 4) is 0 Å². The maximum atomic E-state index is 5.58. The number of nitrogens with two attached hydrogens (primary N) is 1. The molecule has 1 saturated heterocycles. The van der Waals surface area contributed by atoms with Crippen molar-refractivity contribution in [2.75, 3.05) is 25.4 Å². The van der Waals surface area contributed by atoms with E-state index < -0.39 is 0 Å². The summed E-state index contributed by atoms with van der Waals surface area (Å²) >= 11 is 0. The Hall–Kier alpha value is -1.09. The van der Waals surface area contributed by atoms with Gasteiger partial charge in [-0.1, -0.05) is 13.8 Å². The van der Waals surface area contributed by atoms with E-state index in [9.17, 15) is 0 Å². The number of pyridine rings is 1. The number of hydrogen-bond acceptors (Lipinski definition) is 3. The third-order valence-electron chi connectivity index (χ3n) is 2.95. The molecule has 3 heteroatoms. The summed E-state index contributed by atoms with van der Waals surface area (Å²) in [7, 11) is 0. The molecular formula is C14H25N3. The third-order valence-corrected chi connectivity index (χ3v) is 2.95. The van der Waals surface area contributed by atoms with Crippen LogP contribution in [0.25, 0.3) is 0 Å². The minimum absolute atomic E-state index is 0.748. The largest absolute Gasteiger partial charge is 0.397 e. The van der Waals surface area contributed by atoms with E-state index in [1.807, 2.05) is 26.0 Å². The van der Waals surface area contributed by atoms with Crippen LogP contribution in [0.4, 0.5) is 5.69 Å².